The number of nitrogen functional groups attached to an aromatic ring is 1. The van der Waals surface area contributed by atoms with Gasteiger partial charge in [0.25, 0.3) is 0 Å². The van der Waals surface area contributed by atoms with Crippen molar-refractivity contribution < 1.29 is 17.9 Å². The zero-order valence-electron chi connectivity index (χ0n) is 13.6. The number of aromatic nitrogens is 4. The maximum atomic E-state index is 12.8. The summed E-state index contributed by atoms with van der Waals surface area (Å²) in [6.45, 7) is 2.98. The Hall–Kier alpha value is -2.88. The van der Waals surface area contributed by atoms with Gasteiger partial charge in [0.15, 0.2) is 5.82 Å². The maximum Gasteiger partial charge on any atom is 0.451 e. The van der Waals surface area contributed by atoms with E-state index in [0.29, 0.717) is 18.9 Å². The number of hydrogen-bond acceptors (Lipinski definition) is 6. The fourth-order valence-electron chi connectivity index (χ4n) is 2.92. The molecule has 0 amide bonds. The van der Waals surface area contributed by atoms with Crippen LogP contribution in [0.1, 0.15) is 5.82 Å². The molecule has 3 heterocycles. The molecule has 2 aromatic heterocycles. The van der Waals surface area contributed by atoms with Crippen molar-refractivity contribution in [3.05, 3.63) is 36.3 Å². The second-order valence-electron chi connectivity index (χ2n) is 5.84. The van der Waals surface area contributed by atoms with E-state index in [0.717, 1.165) is 18.8 Å². The first kappa shape index (κ1) is 16.6. The Morgan fingerprint density at radius 3 is 2.31 bits per heavy atom. The van der Waals surface area contributed by atoms with Crippen molar-refractivity contribution in [2.24, 2.45) is 0 Å². The van der Waals surface area contributed by atoms with Gasteiger partial charge in [-0.25, -0.2) is 14.6 Å². The monoisotopic (exact) mass is 364 g/mol. The third-order valence-corrected chi connectivity index (χ3v) is 4.17. The van der Waals surface area contributed by atoms with Crippen molar-refractivity contribution in [1.29, 1.82) is 0 Å². The molecule has 0 saturated carbocycles. The van der Waals surface area contributed by atoms with E-state index in [1.54, 1.807) is 0 Å². The number of nitrogens with zero attached hydrogens (tertiary/aromatic N) is 5. The van der Waals surface area contributed by atoms with Gasteiger partial charge in [-0.2, -0.15) is 18.3 Å². The number of benzene rings is 1. The van der Waals surface area contributed by atoms with Crippen LogP contribution in [0.25, 0.3) is 16.7 Å². The predicted molar refractivity (Wildman–Crippen MR) is 89.1 cm³/mol. The summed E-state index contributed by atoms with van der Waals surface area (Å²) >= 11 is 0. The number of nitrogens with two attached hydrogens (primary N) is 1. The molecule has 136 valence electrons. The van der Waals surface area contributed by atoms with Gasteiger partial charge in [0.1, 0.15) is 11.0 Å². The highest BCUT2D eigenvalue weighted by atomic mass is 19.4. The Bertz CT molecular complexity index is 932. The molecule has 0 unspecified atom stereocenters. The first-order chi connectivity index (χ1) is 12.4. The van der Waals surface area contributed by atoms with Crippen molar-refractivity contribution in [3.8, 4) is 5.69 Å². The van der Waals surface area contributed by atoms with Gasteiger partial charge < -0.3 is 15.4 Å². The minimum absolute atomic E-state index is 0.0436. The largest absolute Gasteiger partial charge is 0.451 e. The molecule has 0 atom stereocenters. The highest BCUT2D eigenvalue weighted by Crippen LogP contribution is 2.30. The summed E-state index contributed by atoms with van der Waals surface area (Å²) in [7, 11) is 0. The second-order valence-corrected chi connectivity index (χ2v) is 5.84. The van der Waals surface area contributed by atoms with Gasteiger partial charge in [0.2, 0.25) is 5.82 Å². The van der Waals surface area contributed by atoms with Crippen LogP contribution in [0, 0.1) is 0 Å². The van der Waals surface area contributed by atoms with E-state index >= 15 is 0 Å². The summed E-state index contributed by atoms with van der Waals surface area (Å²) in [5.74, 6) is -1.54. The van der Waals surface area contributed by atoms with Gasteiger partial charge in [-0.1, -0.05) is 0 Å². The van der Waals surface area contributed by atoms with Crippen LogP contribution in [0.4, 0.5) is 24.7 Å². The van der Waals surface area contributed by atoms with Crippen LogP contribution in [0.2, 0.25) is 0 Å². The smallest absolute Gasteiger partial charge is 0.382 e. The number of halogens is 3. The first-order valence-electron chi connectivity index (χ1n) is 7.95. The summed E-state index contributed by atoms with van der Waals surface area (Å²) in [5.41, 5.74) is 7.74. The van der Waals surface area contributed by atoms with Crippen LogP contribution in [0.5, 0.6) is 0 Å². The second kappa shape index (κ2) is 6.13. The zero-order valence-corrected chi connectivity index (χ0v) is 13.6. The SMILES string of the molecule is Nc1nc(C(F)(F)F)nc2cnn(-c3ccc(N4CCOCC4)cc3)c12. The normalized spacial score (nSPS) is 15.6. The number of alkyl halides is 3. The van der Waals surface area contributed by atoms with E-state index in [1.165, 1.54) is 10.9 Å². The molecule has 1 aliphatic heterocycles. The molecule has 1 aromatic carbocycles. The van der Waals surface area contributed by atoms with E-state index in [-0.39, 0.29) is 16.9 Å². The summed E-state index contributed by atoms with van der Waals surface area (Å²) in [6, 6.07) is 7.51. The average Bonchev–Trinajstić information content (AvgIpc) is 3.07. The molecule has 0 aliphatic carbocycles. The average molecular weight is 364 g/mol. The van der Waals surface area contributed by atoms with Crippen LogP contribution >= 0.6 is 0 Å². The topological polar surface area (TPSA) is 82.1 Å². The molecular weight excluding hydrogens is 349 g/mol. The molecule has 0 spiro atoms. The molecule has 4 rings (SSSR count). The molecule has 0 radical (unpaired) electrons. The standard InChI is InChI=1S/C16H15F3N6O/c17-16(18,19)15-22-12-9-21-25(13(12)14(20)23-15)11-3-1-10(2-4-11)24-5-7-26-8-6-24/h1-4,9H,5-8H2,(H2,20,22,23). The highest BCUT2D eigenvalue weighted by molar-refractivity contribution is 5.85. The minimum atomic E-state index is -4.66. The molecule has 1 saturated heterocycles. The number of rotatable bonds is 2. The van der Waals surface area contributed by atoms with Crippen LogP contribution in [-0.4, -0.2) is 46.1 Å². The molecular formula is C16H15F3N6O. The quantitative estimate of drug-likeness (QED) is 0.751. The van der Waals surface area contributed by atoms with Crippen molar-refractivity contribution >= 4 is 22.5 Å². The van der Waals surface area contributed by atoms with Crippen LogP contribution in [-0.2, 0) is 10.9 Å². The molecule has 3 aromatic rings. The molecule has 1 aliphatic rings. The first-order valence-corrected chi connectivity index (χ1v) is 7.95. The molecule has 7 nitrogen and oxygen atoms in total. The lowest BCUT2D eigenvalue weighted by atomic mass is 10.2. The molecule has 0 bridgehead atoms. The lowest BCUT2D eigenvalue weighted by molar-refractivity contribution is -0.144. The van der Waals surface area contributed by atoms with Gasteiger partial charge in [-0.05, 0) is 24.3 Å². The Kier molecular flexibility index (Phi) is 3.91. The Labute approximate surface area is 146 Å². The number of morpholine rings is 1. The van der Waals surface area contributed by atoms with Crippen molar-refractivity contribution in [1.82, 2.24) is 19.7 Å². The highest BCUT2D eigenvalue weighted by Gasteiger charge is 2.35. The van der Waals surface area contributed by atoms with E-state index in [4.69, 9.17) is 10.5 Å². The van der Waals surface area contributed by atoms with E-state index in [2.05, 4.69) is 20.0 Å². The van der Waals surface area contributed by atoms with Gasteiger partial charge >= 0.3 is 6.18 Å². The van der Waals surface area contributed by atoms with Gasteiger partial charge in [0.05, 0.1) is 25.1 Å². The minimum Gasteiger partial charge on any atom is -0.382 e. The third-order valence-electron chi connectivity index (χ3n) is 4.17. The number of ether oxygens (including phenoxy) is 1. The summed E-state index contributed by atoms with van der Waals surface area (Å²) < 4.78 is 45.2. The fraction of sp³-hybridized carbons (Fsp3) is 0.312. The predicted octanol–water partition coefficient (Wildman–Crippen LogP) is 2.25. The molecule has 1 fully saturated rings. The number of fused-ring (bicyclic) bond motifs is 1. The van der Waals surface area contributed by atoms with E-state index in [9.17, 15) is 13.2 Å². The van der Waals surface area contributed by atoms with Crippen molar-refractivity contribution in [2.75, 3.05) is 36.9 Å². The molecule has 2 N–H and O–H groups in total. The Morgan fingerprint density at radius 2 is 1.65 bits per heavy atom. The Balaban J connectivity index is 1.70. The summed E-state index contributed by atoms with van der Waals surface area (Å²) in [4.78, 5) is 9.10. The van der Waals surface area contributed by atoms with Crippen LogP contribution in [0.15, 0.2) is 30.5 Å². The lowest BCUT2D eigenvalue weighted by Gasteiger charge is -2.28. The summed E-state index contributed by atoms with van der Waals surface area (Å²) in [6.07, 6.45) is -3.41. The van der Waals surface area contributed by atoms with Crippen molar-refractivity contribution in [2.45, 2.75) is 6.18 Å². The van der Waals surface area contributed by atoms with Gasteiger partial charge in [0, 0.05) is 18.8 Å². The third kappa shape index (κ3) is 2.92. The summed E-state index contributed by atoms with van der Waals surface area (Å²) in [5, 5.41) is 4.12. The van der Waals surface area contributed by atoms with Gasteiger partial charge in [-0.3, -0.25) is 0 Å². The van der Waals surface area contributed by atoms with Crippen LogP contribution in [0.3, 0.4) is 0 Å². The zero-order chi connectivity index (χ0) is 18.3. The maximum absolute atomic E-state index is 12.8. The lowest BCUT2D eigenvalue weighted by Crippen LogP contribution is -2.36. The number of hydrogen-bond donors (Lipinski definition) is 1. The molecule has 26 heavy (non-hydrogen) atoms. The van der Waals surface area contributed by atoms with E-state index in [1.807, 2.05) is 24.3 Å². The molecule has 10 heteroatoms. The fourth-order valence-corrected chi connectivity index (χ4v) is 2.92. The number of anilines is 2. The Morgan fingerprint density at radius 1 is 1.00 bits per heavy atom. The van der Waals surface area contributed by atoms with Gasteiger partial charge in [-0.15, -0.1) is 0 Å². The van der Waals surface area contributed by atoms with E-state index < -0.39 is 12.0 Å². The van der Waals surface area contributed by atoms with Crippen LogP contribution < -0.4 is 10.6 Å². The van der Waals surface area contributed by atoms with Crippen molar-refractivity contribution in [3.63, 3.8) is 0 Å².